The zero-order valence-corrected chi connectivity index (χ0v) is 34.3. The van der Waals surface area contributed by atoms with Crippen LogP contribution in [0.2, 0.25) is 0 Å². The summed E-state index contributed by atoms with van der Waals surface area (Å²) in [6.07, 6.45) is -0.0981. The number of alkyl halides is 2. The summed E-state index contributed by atoms with van der Waals surface area (Å²) in [5.41, 5.74) is 5.10. The van der Waals surface area contributed by atoms with Gasteiger partial charge >= 0.3 is 18.3 Å². The predicted molar refractivity (Wildman–Crippen MR) is 214 cm³/mol. The smallest absolute Gasteiger partial charge is 0.407 e. The number of aromatic amines is 2. The van der Waals surface area contributed by atoms with Gasteiger partial charge in [-0.2, -0.15) is 8.78 Å². The maximum atomic E-state index is 14.8. The Morgan fingerprint density at radius 3 is 1.59 bits per heavy atom. The van der Waals surface area contributed by atoms with Crippen molar-refractivity contribution in [1.29, 1.82) is 0 Å². The first-order valence-electron chi connectivity index (χ1n) is 19.7. The third-order valence-electron chi connectivity index (χ3n) is 11.2. The van der Waals surface area contributed by atoms with E-state index in [4.69, 9.17) is 9.47 Å². The van der Waals surface area contributed by atoms with Gasteiger partial charge in [0, 0.05) is 20.2 Å². The molecule has 2 aromatic heterocycles. The van der Waals surface area contributed by atoms with E-state index in [0.717, 1.165) is 47.9 Å². The van der Waals surface area contributed by atoms with Gasteiger partial charge in [0.1, 0.15) is 23.7 Å². The van der Waals surface area contributed by atoms with Crippen molar-refractivity contribution in [2.75, 3.05) is 34.4 Å². The van der Waals surface area contributed by atoms with Crippen LogP contribution >= 0.6 is 0 Å². The number of halogens is 2. The van der Waals surface area contributed by atoms with Crippen LogP contribution in [0, 0.1) is 17.8 Å². The highest BCUT2D eigenvalue weighted by atomic mass is 19.3. The van der Waals surface area contributed by atoms with Gasteiger partial charge in [-0.3, -0.25) is 9.59 Å². The Hall–Kier alpha value is -5.84. The first-order chi connectivity index (χ1) is 28.1. The molecular formula is C42H52F2N8O7. The summed E-state index contributed by atoms with van der Waals surface area (Å²) in [5.74, 6) is -1.44. The van der Waals surface area contributed by atoms with Gasteiger partial charge in [0.05, 0.1) is 56.0 Å². The van der Waals surface area contributed by atoms with E-state index in [9.17, 15) is 28.0 Å². The van der Waals surface area contributed by atoms with E-state index in [1.54, 1.807) is 31.1 Å². The Morgan fingerprint density at radius 1 is 0.712 bits per heavy atom. The van der Waals surface area contributed by atoms with E-state index in [2.05, 4.69) is 35.3 Å². The number of methoxy groups -OCH3 is 3. The highest BCUT2D eigenvalue weighted by molar-refractivity contribution is 5.87. The Labute approximate surface area is 341 Å². The second-order valence-electron chi connectivity index (χ2n) is 15.6. The van der Waals surface area contributed by atoms with Crippen LogP contribution < -0.4 is 10.6 Å². The molecule has 4 N–H and O–H groups in total. The molecule has 2 aromatic carbocycles. The number of alkyl carbamates (subject to hydrolysis) is 2. The fourth-order valence-electron chi connectivity index (χ4n) is 7.81. The topological polar surface area (TPSA) is 184 Å². The minimum Gasteiger partial charge on any atom is -0.453 e. The van der Waals surface area contributed by atoms with E-state index >= 15 is 0 Å². The quantitative estimate of drug-likeness (QED) is 0.114. The largest absolute Gasteiger partial charge is 0.453 e. The number of benzene rings is 2. The lowest BCUT2D eigenvalue weighted by atomic mass is 10.0. The highest BCUT2D eigenvalue weighted by Gasteiger charge is 2.51. The lowest BCUT2D eigenvalue weighted by molar-refractivity contribution is -0.253. The fraction of sp³-hybridized carbons (Fsp3) is 0.476. The molecule has 4 aromatic rings. The van der Waals surface area contributed by atoms with Crippen molar-refractivity contribution >= 4 is 24.0 Å². The third kappa shape index (κ3) is 9.24. The van der Waals surface area contributed by atoms with Gasteiger partial charge in [0.25, 0.3) is 0 Å². The summed E-state index contributed by atoms with van der Waals surface area (Å²) >= 11 is 0. The molecule has 0 radical (unpaired) electrons. The molecule has 0 bridgehead atoms. The summed E-state index contributed by atoms with van der Waals surface area (Å²) in [7, 11) is 3.39. The molecule has 17 heteroatoms. The number of likely N-dealkylation sites (tertiary alicyclic amines) is 2. The van der Waals surface area contributed by atoms with E-state index in [1.807, 2.05) is 62.4 Å². The summed E-state index contributed by atoms with van der Waals surface area (Å²) < 4.78 is 43.6. The normalized spacial score (nSPS) is 19.2. The van der Waals surface area contributed by atoms with E-state index < -0.39 is 48.2 Å². The second-order valence-corrected chi connectivity index (χ2v) is 15.6. The number of aromatic nitrogens is 4. The Morgan fingerprint density at radius 2 is 1.15 bits per heavy atom. The zero-order valence-electron chi connectivity index (χ0n) is 34.3. The zero-order chi connectivity index (χ0) is 42.6. The van der Waals surface area contributed by atoms with Gasteiger partial charge in [0.2, 0.25) is 11.8 Å². The number of carbonyl (C=O) groups is 4. The molecule has 5 unspecified atom stereocenters. The van der Waals surface area contributed by atoms with Crippen LogP contribution in [-0.4, -0.2) is 106 Å². The van der Waals surface area contributed by atoms with Crippen LogP contribution in [0.15, 0.2) is 60.9 Å². The molecule has 5 atom stereocenters. The highest BCUT2D eigenvalue weighted by Crippen LogP contribution is 2.43. The molecule has 2 aliphatic heterocycles. The van der Waals surface area contributed by atoms with Gasteiger partial charge in [-0.25, -0.2) is 19.6 Å². The molecule has 59 heavy (non-hydrogen) atoms. The molecule has 0 spiro atoms. The second kappa shape index (κ2) is 18.0. The summed E-state index contributed by atoms with van der Waals surface area (Å²) in [5, 5.41) is 5.21. The van der Waals surface area contributed by atoms with Crippen molar-refractivity contribution in [2.45, 2.75) is 77.2 Å². The first-order valence-corrected chi connectivity index (χ1v) is 19.7. The predicted octanol–water partition coefficient (Wildman–Crippen LogP) is 6.69. The van der Waals surface area contributed by atoms with E-state index in [0.29, 0.717) is 23.9 Å². The van der Waals surface area contributed by atoms with E-state index in [-0.39, 0.29) is 36.8 Å². The summed E-state index contributed by atoms with van der Waals surface area (Å²) in [6, 6.07) is 13.0. The van der Waals surface area contributed by atoms with Crippen molar-refractivity contribution in [3.05, 3.63) is 72.6 Å². The molecule has 4 amide bonds. The maximum Gasteiger partial charge on any atom is 0.407 e. The molecule has 2 saturated heterocycles. The third-order valence-corrected chi connectivity index (χ3v) is 11.2. The molecule has 15 nitrogen and oxygen atoms in total. The minimum atomic E-state index is -3.48. The van der Waals surface area contributed by atoms with Crippen molar-refractivity contribution in [3.63, 3.8) is 0 Å². The number of carbonyl (C=O) groups excluding carboxylic acids is 4. The van der Waals surface area contributed by atoms with E-state index in [1.165, 1.54) is 19.1 Å². The number of nitrogens with one attached hydrogen (secondary N) is 4. The van der Waals surface area contributed by atoms with Crippen molar-refractivity contribution in [2.24, 2.45) is 17.8 Å². The minimum absolute atomic E-state index is 0.106. The lowest BCUT2D eigenvalue weighted by Gasteiger charge is -2.30. The first kappa shape index (κ1) is 42.8. The molecule has 2 fully saturated rings. The average molecular weight is 819 g/mol. The molecule has 316 valence electrons. The standard InChI is InChI=1S/C42H52F2N8O7/c1-23(2)34(49-40(55)57-5)38(53)51-18-8-9-32(51)36-45-20-30(47-36)27-14-10-25(11-15-27)26-12-16-28(17-13-26)31-21-46-37(48-31)33-19-29(42(43,44)59-7)22-52(33)39(54)35(24(3)4)50-41(56)58-6/h10-17,20-21,23-24,29,32-35H,8-9,18-19,22H2,1-7H3,(H,45,47)(H,46,48)(H,49,55)(H,50,56). The maximum absolute atomic E-state index is 14.8. The van der Waals surface area contributed by atoms with Crippen LogP contribution in [0.5, 0.6) is 0 Å². The number of hydrogen-bond acceptors (Lipinski definition) is 9. The number of hydrogen-bond donors (Lipinski definition) is 4. The molecule has 2 aliphatic rings. The number of nitrogens with zero attached hydrogens (tertiary/aromatic N) is 4. The van der Waals surface area contributed by atoms with Crippen molar-refractivity contribution < 1.29 is 42.2 Å². The number of amides is 4. The summed E-state index contributed by atoms with van der Waals surface area (Å²) in [4.78, 5) is 70.3. The van der Waals surface area contributed by atoms with Crippen molar-refractivity contribution in [3.8, 4) is 33.6 Å². The summed E-state index contributed by atoms with van der Waals surface area (Å²) in [6.45, 7) is 7.52. The molecule has 0 saturated carbocycles. The van der Waals surface area contributed by atoms with Gasteiger partial charge < -0.3 is 44.6 Å². The van der Waals surface area contributed by atoms with Crippen LogP contribution in [0.3, 0.4) is 0 Å². The number of ether oxygens (including phenoxy) is 3. The number of rotatable bonds is 13. The molecule has 6 rings (SSSR count). The number of H-pyrrole nitrogens is 2. The Kier molecular flexibility index (Phi) is 13.0. The monoisotopic (exact) mass is 818 g/mol. The molecule has 4 heterocycles. The molecule has 0 aliphatic carbocycles. The van der Waals surface area contributed by atoms with Crippen LogP contribution in [0.4, 0.5) is 18.4 Å². The van der Waals surface area contributed by atoms with Gasteiger partial charge in [0.15, 0.2) is 0 Å². The lowest BCUT2D eigenvalue weighted by Crippen LogP contribution is -2.51. The van der Waals surface area contributed by atoms with Gasteiger partial charge in [-0.1, -0.05) is 76.2 Å². The van der Waals surface area contributed by atoms with Crippen LogP contribution in [-0.2, 0) is 23.8 Å². The average Bonchev–Trinajstić information content (AvgIpc) is 4.08. The number of imidazole rings is 2. The SMILES string of the molecule is COC(=O)NC(C(=O)N1CCCC1c1ncc(-c2ccc(-c3ccc(-c4cnc(C5CC(C(F)(F)OC)CN5C(=O)C(NC(=O)OC)C(C)C)[nH]4)cc3)cc2)[nH]1)C(C)C. The van der Waals surface area contributed by atoms with Gasteiger partial charge in [-0.15, -0.1) is 0 Å². The Bertz CT molecular complexity index is 2100. The fourth-order valence-corrected chi connectivity index (χ4v) is 7.81. The van der Waals surface area contributed by atoms with Crippen LogP contribution in [0.1, 0.15) is 70.7 Å². The molecular weight excluding hydrogens is 767 g/mol. The van der Waals surface area contributed by atoms with Crippen molar-refractivity contribution in [1.82, 2.24) is 40.4 Å². The van der Waals surface area contributed by atoms with Crippen LogP contribution in [0.25, 0.3) is 33.6 Å². The van der Waals surface area contributed by atoms with Gasteiger partial charge in [-0.05, 0) is 53.4 Å². The Balaban J connectivity index is 1.15.